The highest BCUT2D eigenvalue weighted by molar-refractivity contribution is 6.22. The SMILES string of the molecule is O=C(c1cccc2nc3c(cc12)cn1ccccc31)c1cccc2nc3c(cc12)cn1ccccc31. The zero-order chi connectivity index (χ0) is 23.8. The molecule has 5 heteroatoms. The van der Waals surface area contributed by atoms with Crippen molar-refractivity contribution in [3.8, 4) is 0 Å². The maximum Gasteiger partial charge on any atom is 0.194 e. The van der Waals surface area contributed by atoms with Crippen molar-refractivity contribution in [3.05, 3.63) is 121 Å². The van der Waals surface area contributed by atoms with Gasteiger partial charge < -0.3 is 8.80 Å². The lowest BCUT2D eigenvalue weighted by Crippen LogP contribution is -2.04. The molecular weight excluding hydrogens is 444 g/mol. The average molecular weight is 463 g/mol. The van der Waals surface area contributed by atoms with Gasteiger partial charge >= 0.3 is 0 Å². The minimum atomic E-state index is -0.0268. The highest BCUT2D eigenvalue weighted by Gasteiger charge is 2.18. The Labute approximate surface area is 204 Å². The maximum absolute atomic E-state index is 14.0. The lowest BCUT2D eigenvalue weighted by molar-refractivity contribution is 0.104. The summed E-state index contributed by atoms with van der Waals surface area (Å²) >= 11 is 0. The largest absolute Gasteiger partial charge is 0.321 e. The van der Waals surface area contributed by atoms with Crippen LogP contribution < -0.4 is 0 Å². The molecule has 0 aliphatic heterocycles. The van der Waals surface area contributed by atoms with E-state index in [-0.39, 0.29) is 5.78 Å². The van der Waals surface area contributed by atoms with Crippen molar-refractivity contribution in [1.29, 1.82) is 0 Å². The second-order valence-electron chi connectivity index (χ2n) is 9.17. The molecular formula is C31H18N4O. The van der Waals surface area contributed by atoms with Gasteiger partial charge in [0.2, 0.25) is 0 Å². The number of hydrogen-bond acceptors (Lipinski definition) is 3. The van der Waals surface area contributed by atoms with Gasteiger partial charge in [0.25, 0.3) is 0 Å². The van der Waals surface area contributed by atoms with E-state index >= 15 is 0 Å². The predicted octanol–water partition coefficient (Wildman–Crippen LogP) is 6.83. The highest BCUT2D eigenvalue weighted by atomic mass is 16.1. The summed E-state index contributed by atoms with van der Waals surface area (Å²) in [5.74, 6) is -0.0268. The van der Waals surface area contributed by atoms with Gasteiger partial charge in [-0.3, -0.25) is 4.79 Å². The summed E-state index contributed by atoms with van der Waals surface area (Å²) < 4.78 is 4.14. The summed E-state index contributed by atoms with van der Waals surface area (Å²) in [7, 11) is 0. The quantitative estimate of drug-likeness (QED) is 0.265. The van der Waals surface area contributed by atoms with Gasteiger partial charge in [0.1, 0.15) is 0 Å². The van der Waals surface area contributed by atoms with Crippen LogP contribution in [0, 0.1) is 0 Å². The fraction of sp³-hybridized carbons (Fsp3) is 0. The summed E-state index contributed by atoms with van der Waals surface area (Å²) in [4.78, 5) is 23.9. The third-order valence-electron chi connectivity index (χ3n) is 7.09. The molecule has 0 N–H and O–H groups in total. The first kappa shape index (κ1) is 19.3. The first-order valence-electron chi connectivity index (χ1n) is 11.9. The molecule has 2 aromatic carbocycles. The molecule has 5 nitrogen and oxygen atoms in total. The van der Waals surface area contributed by atoms with Gasteiger partial charge in [-0.1, -0.05) is 36.4 Å². The predicted molar refractivity (Wildman–Crippen MR) is 144 cm³/mol. The minimum absolute atomic E-state index is 0.0268. The summed E-state index contributed by atoms with van der Waals surface area (Å²) in [6.45, 7) is 0. The van der Waals surface area contributed by atoms with Crippen molar-refractivity contribution in [1.82, 2.24) is 18.8 Å². The lowest BCUT2D eigenvalue weighted by atomic mass is 9.95. The van der Waals surface area contributed by atoms with Crippen LogP contribution in [0.4, 0.5) is 0 Å². The van der Waals surface area contributed by atoms with Crippen LogP contribution in [0.25, 0.3) is 54.6 Å². The molecule has 0 atom stereocenters. The molecule has 36 heavy (non-hydrogen) atoms. The van der Waals surface area contributed by atoms with Crippen molar-refractivity contribution in [3.63, 3.8) is 0 Å². The monoisotopic (exact) mass is 462 g/mol. The third-order valence-corrected chi connectivity index (χ3v) is 7.09. The van der Waals surface area contributed by atoms with Crippen molar-refractivity contribution in [2.75, 3.05) is 0 Å². The van der Waals surface area contributed by atoms with E-state index in [9.17, 15) is 4.79 Å². The molecule has 0 fully saturated rings. The van der Waals surface area contributed by atoms with Gasteiger partial charge in [0, 0.05) is 57.5 Å². The first-order valence-corrected chi connectivity index (χ1v) is 11.9. The fourth-order valence-electron chi connectivity index (χ4n) is 5.41. The molecule has 0 spiro atoms. The van der Waals surface area contributed by atoms with Gasteiger partial charge in [-0.15, -0.1) is 0 Å². The first-order chi connectivity index (χ1) is 17.7. The number of ketones is 1. The number of pyridine rings is 4. The van der Waals surface area contributed by atoms with Crippen LogP contribution in [0.2, 0.25) is 0 Å². The molecule has 0 bridgehead atoms. The molecule has 0 aliphatic carbocycles. The smallest absolute Gasteiger partial charge is 0.194 e. The van der Waals surface area contributed by atoms with Gasteiger partial charge in [0.05, 0.1) is 33.1 Å². The molecule has 0 aliphatic rings. The molecule has 8 rings (SSSR count). The Morgan fingerprint density at radius 3 is 1.58 bits per heavy atom. The fourth-order valence-corrected chi connectivity index (χ4v) is 5.41. The maximum atomic E-state index is 14.0. The van der Waals surface area contributed by atoms with Crippen LogP contribution in [0.1, 0.15) is 15.9 Å². The molecule has 0 unspecified atom stereocenters. The van der Waals surface area contributed by atoms with Gasteiger partial charge in [-0.25, -0.2) is 9.97 Å². The Morgan fingerprint density at radius 2 is 1.08 bits per heavy atom. The average Bonchev–Trinajstić information content (AvgIpc) is 3.46. The van der Waals surface area contributed by atoms with E-state index in [2.05, 4.69) is 45.5 Å². The number of carbonyl (C=O) groups is 1. The number of hydrogen-bond donors (Lipinski definition) is 0. The van der Waals surface area contributed by atoms with Crippen LogP contribution in [-0.4, -0.2) is 24.6 Å². The molecule has 0 radical (unpaired) electrons. The van der Waals surface area contributed by atoms with Crippen LogP contribution >= 0.6 is 0 Å². The Hall–Kier alpha value is -5.03. The summed E-state index contributed by atoms with van der Waals surface area (Å²) in [6.07, 6.45) is 8.16. The molecule has 0 saturated carbocycles. The van der Waals surface area contributed by atoms with E-state index in [1.807, 2.05) is 73.1 Å². The Balaban J connectivity index is 1.36. The van der Waals surface area contributed by atoms with Crippen molar-refractivity contribution < 1.29 is 4.79 Å². The van der Waals surface area contributed by atoms with Crippen LogP contribution in [0.3, 0.4) is 0 Å². The molecule has 168 valence electrons. The zero-order valence-electron chi connectivity index (χ0n) is 19.1. The minimum Gasteiger partial charge on any atom is -0.321 e. The highest BCUT2D eigenvalue weighted by Crippen LogP contribution is 2.31. The van der Waals surface area contributed by atoms with Crippen molar-refractivity contribution in [2.24, 2.45) is 0 Å². The van der Waals surface area contributed by atoms with Crippen molar-refractivity contribution >= 4 is 60.4 Å². The Morgan fingerprint density at radius 1 is 0.583 bits per heavy atom. The van der Waals surface area contributed by atoms with E-state index in [0.29, 0.717) is 11.1 Å². The Bertz CT molecular complexity index is 2030. The van der Waals surface area contributed by atoms with Crippen LogP contribution in [-0.2, 0) is 0 Å². The second kappa shape index (κ2) is 6.99. The zero-order valence-corrected chi connectivity index (χ0v) is 19.1. The topological polar surface area (TPSA) is 51.7 Å². The Kier molecular flexibility index (Phi) is 3.75. The van der Waals surface area contributed by atoms with E-state index in [0.717, 1.165) is 54.6 Å². The molecule has 0 amide bonds. The van der Waals surface area contributed by atoms with Gasteiger partial charge in [0.15, 0.2) is 5.78 Å². The van der Waals surface area contributed by atoms with Crippen LogP contribution in [0.15, 0.2) is 110 Å². The van der Waals surface area contributed by atoms with E-state index in [1.165, 1.54) is 0 Å². The number of rotatable bonds is 2. The summed E-state index contributed by atoms with van der Waals surface area (Å²) in [6, 6.07) is 27.9. The molecule has 8 aromatic rings. The third kappa shape index (κ3) is 2.62. The second-order valence-corrected chi connectivity index (χ2v) is 9.17. The van der Waals surface area contributed by atoms with E-state index in [4.69, 9.17) is 9.97 Å². The molecule has 0 saturated heterocycles. The number of nitrogens with zero attached hydrogens (tertiary/aromatic N) is 4. The molecule has 6 aromatic heterocycles. The van der Waals surface area contributed by atoms with Gasteiger partial charge in [-0.2, -0.15) is 0 Å². The van der Waals surface area contributed by atoms with Crippen LogP contribution in [0.5, 0.6) is 0 Å². The van der Waals surface area contributed by atoms with Crippen molar-refractivity contribution in [2.45, 2.75) is 0 Å². The lowest BCUT2D eigenvalue weighted by Gasteiger charge is -2.09. The number of aromatic nitrogens is 4. The number of benzene rings is 2. The summed E-state index contributed by atoms with van der Waals surface area (Å²) in [5.41, 5.74) is 6.88. The normalized spacial score (nSPS) is 12.0. The number of carbonyl (C=O) groups excluding carboxylic acids is 1. The summed E-state index contributed by atoms with van der Waals surface area (Å²) in [5, 5.41) is 3.73. The molecule has 6 heterocycles. The van der Waals surface area contributed by atoms with E-state index < -0.39 is 0 Å². The van der Waals surface area contributed by atoms with Gasteiger partial charge in [-0.05, 0) is 48.5 Å². The number of fused-ring (bicyclic) bond motifs is 8. The standard InChI is InChI=1S/C31H18N4O/c36-31(21-7-5-9-25-23(21)15-19-17-34-13-3-1-11-27(34)29(19)32-25)22-8-6-10-26-24(22)16-20-18-35-14-4-2-12-28(35)30(20)33-26/h1-18H. The van der Waals surface area contributed by atoms with E-state index in [1.54, 1.807) is 0 Å².